The first-order chi connectivity index (χ1) is 7.84. The summed E-state index contributed by atoms with van der Waals surface area (Å²) in [5, 5.41) is 11.6. The number of aliphatic carboxylic acids is 1. The fraction of sp³-hybridized carbons (Fsp3) is 0.500. The van der Waals surface area contributed by atoms with Gasteiger partial charge in [-0.15, -0.1) is 0 Å². The van der Waals surface area contributed by atoms with Crippen molar-refractivity contribution in [2.45, 2.75) is 27.2 Å². The maximum Gasteiger partial charge on any atom is 0.309 e. The average molecular weight is 238 g/mol. The molecule has 0 aromatic carbocycles. The van der Waals surface area contributed by atoms with Crippen LogP contribution in [0, 0.1) is 12.3 Å². The lowest BCUT2D eigenvalue weighted by Gasteiger charge is -2.18. The van der Waals surface area contributed by atoms with Gasteiger partial charge in [-0.2, -0.15) is 0 Å². The SMILES string of the molecule is Cc1c[nH]cc1C(=O)NCCC(C)(C)C(=O)O. The van der Waals surface area contributed by atoms with Crippen molar-refractivity contribution in [3.05, 3.63) is 23.5 Å². The molecule has 0 aliphatic rings. The Hall–Kier alpha value is -1.78. The molecular weight excluding hydrogens is 220 g/mol. The molecule has 0 bridgehead atoms. The fourth-order valence-corrected chi connectivity index (χ4v) is 1.38. The zero-order valence-corrected chi connectivity index (χ0v) is 10.3. The molecule has 0 saturated carbocycles. The van der Waals surface area contributed by atoms with E-state index >= 15 is 0 Å². The number of hydrogen-bond donors (Lipinski definition) is 3. The standard InChI is InChI=1S/C12H18N2O3/c1-8-6-13-7-9(8)10(15)14-5-4-12(2,3)11(16)17/h6-7,13H,4-5H2,1-3H3,(H,14,15)(H,16,17). The first-order valence-corrected chi connectivity index (χ1v) is 5.49. The molecule has 17 heavy (non-hydrogen) atoms. The van der Waals surface area contributed by atoms with Gasteiger partial charge < -0.3 is 15.4 Å². The molecule has 0 fully saturated rings. The summed E-state index contributed by atoms with van der Waals surface area (Å²) < 4.78 is 0. The quantitative estimate of drug-likeness (QED) is 0.728. The van der Waals surface area contributed by atoms with Crippen molar-refractivity contribution in [2.24, 2.45) is 5.41 Å². The lowest BCUT2D eigenvalue weighted by atomic mass is 9.90. The van der Waals surface area contributed by atoms with Crippen molar-refractivity contribution in [1.29, 1.82) is 0 Å². The Morgan fingerprint density at radius 3 is 2.53 bits per heavy atom. The second kappa shape index (κ2) is 5.03. The smallest absolute Gasteiger partial charge is 0.309 e. The minimum absolute atomic E-state index is 0.176. The van der Waals surface area contributed by atoms with Crippen LogP contribution in [0.5, 0.6) is 0 Å². The molecular formula is C12H18N2O3. The number of rotatable bonds is 5. The highest BCUT2D eigenvalue weighted by molar-refractivity contribution is 5.95. The van der Waals surface area contributed by atoms with Crippen molar-refractivity contribution < 1.29 is 14.7 Å². The van der Waals surface area contributed by atoms with Gasteiger partial charge in [0.2, 0.25) is 0 Å². The molecule has 0 unspecified atom stereocenters. The Balaban J connectivity index is 2.46. The highest BCUT2D eigenvalue weighted by atomic mass is 16.4. The van der Waals surface area contributed by atoms with E-state index in [0.29, 0.717) is 18.5 Å². The number of amides is 1. The van der Waals surface area contributed by atoms with E-state index in [-0.39, 0.29) is 5.91 Å². The van der Waals surface area contributed by atoms with Gasteiger partial charge in [0, 0.05) is 18.9 Å². The average Bonchev–Trinajstić information content (AvgIpc) is 2.63. The predicted molar refractivity (Wildman–Crippen MR) is 63.9 cm³/mol. The Morgan fingerprint density at radius 1 is 1.41 bits per heavy atom. The molecule has 1 aromatic rings. The van der Waals surface area contributed by atoms with Gasteiger partial charge in [0.05, 0.1) is 11.0 Å². The third-order valence-corrected chi connectivity index (χ3v) is 2.81. The summed E-state index contributed by atoms with van der Waals surface area (Å²) >= 11 is 0. The molecule has 0 spiro atoms. The lowest BCUT2D eigenvalue weighted by Crippen LogP contribution is -2.32. The molecule has 0 aliphatic carbocycles. The largest absolute Gasteiger partial charge is 0.481 e. The Morgan fingerprint density at radius 2 is 2.06 bits per heavy atom. The van der Waals surface area contributed by atoms with Crippen LogP contribution < -0.4 is 5.32 Å². The highest BCUT2D eigenvalue weighted by Crippen LogP contribution is 2.19. The molecule has 0 saturated heterocycles. The van der Waals surface area contributed by atoms with Gasteiger partial charge in [0.15, 0.2) is 0 Å². The number of H-pyrrole nitrogens is 1. The number of carbonyl (C=O) groups excluding carboxylic acids is 1. The number of aromatic amines is 1. The van der Waals surface area contributed by atoms with Crippen molar-refractivity contribution in [1.82, 2.24) is 10.3 Å². The van der Waals surface area contributed by atoms with E-state index in [0.717, 1.165) is 5.56 Å². The molecule has 0 aliphatic heterocycles. The molecule has 3 N–H and O–H groups in total. The van der Waals surface area contributed by atoms with Crippen molar-refractivity contribution in [2.75, 3.05) is 6.54 Å². The zero-order valence-electron chi connectivity index (χ0n) is 10.3. The highest BCUT2D eigenvalue weighted by Gasteiger charge is 2.26. The van der Waals surface area contributed by atoms with Crippen molar-refractivity contribution in [3.63, 3.8) is 0 Å². The van der Waals surface area contributed by atoms with Crippen LogP contribution in [0.25, 0.3) is 0 Å². The predicted octanol–water partition coefficient (Wildman–Crippen LogP) is 1.55. The second-order valence-corrected chi connectivity index (χ2v) is 4.75. The summed E-state index contributed by atoms with van der Waals surface area (Å²) in [5.74, 6) is -1.03. The van der Waals surface area contributed by atoms with E-state index < -0.39 is 11.4 Å². The molecule has 0 atom stereocenters. The normalized spacial score (nSPS) is 11.2. The molecule has 94 valence electrons. The molecule has 5 nitrogen and oxygen atoms in total. The Kier molecular flexibility index (Phi) is 3.93. The summed E-state index contributed by atoms with van der Waals surface area (Å²) in [5.41, 5.74) is 0.652. The molecule has 1 heterocycles. The van der Waals surface area contributed by atoms with E-state index in [4.69, 9.17) is 5.11 Å². The first-order valence-electron chi connectivity index (χ1n) is 5.49. The monoisotopic (exact) mass is 238 g/mol. The lowest BCUT2D eigenvalue weighted by molar-refractivity contribution is -0.147. The van der Waals surface area contributed by atoms with Gasteiger partial charge in [-0.05, 0) is 32.8 Å². The zero-order chi connectivity index (χ0) is 13.1. The van der Waals surface area contributed by atoms with Gasteiger partial charge in [0.1, 0.15) is 0 Å². The van der Waals surface area contributed by atoms with E-state index in [2.05, 4.69) is 10.3 Å². The topological polar surface area (TPSA) is 82.2 Å². The number of aromatic nitrogens is 1. The fourth-order valence-electron chi connectivity index (χ4n) is 1.38. The molecule has 1 amide bonds. The number of nitrogens with one attached hydrogen (secondary N) is 2. The number of aryl methyl sites for hydroxylation is 1. The summed E-state index contributed by atoms with van der Waals surface area (Å²) in [6, 6.07) is 0. The van der Waals surface area contributed by atoms with Gasteiger partial charge >= 0.3 is 5.97 Å². The van der Waals surface area contributed by atoms with E-state index in [1.54, 1.807) is 26.2 Å². The number of carboxylic acid groups (broad SMARTS) is 1. The molecule has 1 aromatic heterocycles. The summed E-state index contributed by atoms with van der Waals surface area (Å²) in [7, 11) is 0. The van der Waals surface area contributed by atoms with Crippen LogP contribution in [-0.2, 0) is 4.79 Å². The Bertz CT molecular complexity index is 421. The number of carbonyl (C=O) groups is 2. The third kappa shape index (κ3) is 3.34. The van der Waals surface area contributed by atoms with Gasteiger partial charge in [-0.3, -0.25) is 9.59 Å². The Labute approximate surface area is 100 Å². The third-order valence-electron chi connectivity index (χ3n) is 2.81. The summed E-state index contributed by atoms with van der Waals surface area (Å²) in [6.45, 7) is 5.47. The van der Waals surface area contributed by atoms with Crippen LogP contribution in [0.15, 0.2) is 12.4 Å². The van der Waals surface area contributed by atoms with Crippen LogP contribution in [-0.4, -0.2) is 28.5 Å². The molecule has 1 rings (SSSR count). The second-order valence-electron chi connectivity index (χ2n) is 4.75. The summed E-state index contributed by atoms with van der Waals surface area (Å²) in [4.78, 5) is 25.4. The van der Waals surface area contributed by atoms with Crippen LogP contribution in [0.1, 0.15) is 36.2 Å². The maximum absolute atomic E-state index is 11.7. The van der Waals surface area contributed by atoms with Crippen LogP contribution >= 0.6 is 0 Å². The van der Waals surface area contributed by atoms with Crippen molar-refractivity contribution >= 4 is 11.9 Å². The van der Waals surface area contributed by atoms with Crippen molar-refractivity contribution in [3.8, 4) is 0 Å². The number of carboxylic acids is 1. The minimum atomic E-state index is -0.857. The first kappa shape index (κ1) is 13.3. The van der Waals surface area contributed by atoms with E-state index in [1.807, 2.05) is 6.92 Å². The van der Waals surface area contributed by atoms with Crippen LogP contribution in [0.2, 0.25) is 0 Å². The van der Waals surface area contributed by atoms with Gasteiger partial charge in [-0.25, -0.2) is 0 Å². The maximum atomic E-state index is 11.7. The van der Waals surface area contributed by atoms with Gasteiger partial charge in [-0.1, -0.05) is 0 Å². The summed E-state index contributed by atoms with van der Waals surface area (Å²) in [6.07, 6.45) is 3.78. The van der Waals surface area contributed by atoms with E-state index in [9.17, 15) is 9.59 Å². The van der Waals surface area contributed by atoms with Gasteiger partial charge in [0.25, 0.3) is 5.91 Å². The number of hydrogen-bond acceptors (Lipinski definition) is 2. The molecule has 5 heteroatoms. The van der Waals surface area contributed by atoms with E-state index in [1.165, 1.54) is 0 Å². The van der Waals surface area contributed by atoms with Crippen LogP contribution in [0.4, 0.5) is 0 Å². The minimum Gasteiger partial charge on any atom is -0.481 e. The van der Waals surface area contributed by atoms with Crippen LogP contribution in [0.3, 0.4) is 0 Å². The molecule has 0 radical (unpaired) electrons.